The van der Waals surface area contributed by atoms with Crippen LogP contribution in [0.15, 0.2) is 42.9 Å². The molecule has 1 N–H and O–H groups in total. The molecule has 104 valence electrons. The van der Waals surface area contributed by atoms with Crippen LogP contribution in [0.4, 0.5) is 5.69 Å². The first-order chi connectivity index (χ1) is 9.90. The molecule has 1 aromatic heterocycles. The lowest BCUT2D eigenvalue weighted by atomic mass is 10.2. The predicted octanol–water partition coefficient (Wildman–Crippen LogP) is 2.68. The molecule has 0 spiro atoms. The van der Waals surface area contributed by atoms with Gasteiger partial charge in [-0.25, -0.2) is 9.97 Å². The highest BCUT2D eigenvalue weighted by atomic mass is 15.1. The number of benzene rings is 1. The van der Waals surface area contributed by atoms with Crippen molar-refractivity contribution in [2.75, 3.05) is 18.4 Å². The van der Waals surface area contributed by atoms with E-state index in [2.05, 4.69) is 44.5 Å². The van der Waals surface area contributed by atoms with Crippen LogP contribution in [-0.4, -0.2) is 28.0 Å². The molecule has 2 heterocycles. The molecule has 1 aliphatic heterocycles. The van der Waals surface area contributed by atoms with Crippen molar-refractivity contribution >= 4 is 5.69 Å². The summed E-state index contributed by atoms with van der Waals surface area (Å²) >= 11 is 0. The van der Waals surface area contributed by atoms with Gasteiger partial charge in [-0.2, -0.15) is 0 Å². The third kappa shape index (κ3) is 3.54. The van der Waals surface area contributed by atoms with Crippen LogP contribution < -0.4 is 5.32 Å². The molecule has 0 bridgehead atoms. The fourth-order valence-electron chi connectivity index (χ4n) is 2.54. The first-order valence-corrected chi connectivity index (χ1v) is 7.20. The second-order valence-electron chi connectivity index (χ2n) is 5.23. The van der Waals surface area contributed by atoms with Gasteiger partial charge in [0.1, 0.15) is 6.33 Å². The van der Waals surface area contributed by atoms with Gasteiger partial charge in [0.25, 0.3) is 0 Å². The summed E-state index contributed by atoms with van der Waals surface area (Å²) < 4.78 is 0. The number of anilines is 1. The lowest BCUT2D eigenvalue weighted by Gasteiger charge is -2.15. The largest absolute Gasteiger partial charge is 0.379 e. The van der Waals surface area contributed by atoms with Gasteiger partial charge in [0, 0.05) is 18.4 Å². The van der Waals surface area contributed by atoms with Crippen LogP contribution in [0.2, 0.25) is 0 Å². The van der Waals surface area contributed by atoms with Gasteiger partial charge < -0.3 is 5.32 Å². The Bertz CT molecular complexity index is 518. The van der Waals surface area contributed by atoms with Crippen LogP contribution in [0.1, 0.15) is 24.1 Å². The molecule has 0 unspecified atom stereocenters. The van der Waals surface area contributed by atoms with E-state index in [1.165, 1.54) is 31.5 Å². The highest BCUT2D eigenvalue weighted by molar-refractivity contribution is 5.44. The first-order valence-electron chi connectivity index (χ1n) is 7.20. The topological polar surface area (TPSA) is 41.0 Å². The SMILES string of the molecule is c1cc(CNc2ccc(CN3CCCC3)cc2)ncn1. The molecule has 1 fully saturated rings. The summed E-state index contributed by atoms with van der Waals surface area (Å²) in [5.41, 5.74) is 3.52. The molecular weight excluding hydrogens is 248 g/mol. The molecular formula is C16H20N4. The third-order valence-corrected chi connectivity index (χ3v) is 3.68. The molecule has 1 aliphatic rings. The molecule has 3 rings (SSSR count). The summed E-state index contributed by atoms with van der Waals surface area (Å²) in [7, 11) is 0. The van der Waals surface area contributed by atoms with E-state index in [0.717, 1.165) is 24.5 Å². The Balaban J connectivity index is 1.53. The molecule has 0 aliphatic carbocycles. The minimum absolute atomic E-state index is 0.730. The monoisotopic (exact) mass is 268 g/mol. The summed E-state index contributed by atoms with van der Waals surface area (Å²) in [6.07, 6.45) is 6.04. The lowest BCUT2D eigenvalue weighted by Crippen LogP contribution is -2.18. The zero-order valence-corrected chi connectivity index (χ0v) is 11.6. The number of nitrogens with one attached hydrogen (secondary N) is 1. The maximum Gasteiger partial charge on any atom is 0.115 e. The summed E-state index contributed by atoms with van der Waals surface area (Å²) in [4.78, 5) is 10.6. The number of hydrogen-bond donors (Lipinski definition) is 1. The molecule has 1 aromatic carbocycles. The Morgan fingerprint density at radius 1 is 1.05 bits per heavy atom. The van der Waals surface area contributed by atoms with Crippen LogP contribution >= 0.6 is 0 Å². The van der Waals surface area contributed by atoms with Crippen LogP contribution in [-0.2, 0) is 13.1 Å². The minimum Gasteiger partial charge on any atom is -0.379 e. The Labute approximate surface area is 119 Å². The van der Waals surface area contributed by atoms with E-state index in [4.69, 9.17) is 0 Å². The molecule has 0 radical (unpaired) electrons. The summed E-state index contributed by atoms with van der Waals surface area (Å²) in [5, 5.41) is 3.38. The van der Waals surface area contributed by atoms with Crippen molar-refractivity contribution in [1.29, 1.82) is 0 Å². The fraction of sp³-hybridized carbons (Fsp3) is 0.375. The Morgan fingerprint density at radius 3 is 2.55 bits per heavy atom. The van der Waals surface area contributed by atoms with E-state index in [1.807, 2.05) is 6.07 Å². The predicted molar refractivity (Wildman–Crippen MR) is 80.3 cm³/mol. The van der Waals surface area contributed by atoms with E-state index in [0.29, 0.717) is 0 Å². The van der Waals surface area contributed by atoms with E-state index in [9.17, 15) is 0 Å². The zero-order valence-electron chi connectivity index (χ0n) is 11.6. The fourth-order valence-corrected chi connectivity index (χ4v) is 2.54. The average Bonchev–Trinajstić information content (AvgIpc) is 3.01. The van der Waals surface area contributed by atoms with Gasteiger partial charge in [0.15, 0.2) is 0 Å². The van der Waals surface area contributed by atoms with Gasteiger partial charge in [-0.1, -0.05) is 12.1 Å². The van der Waals surface area contributed by atoms with E-state index >= 15 is 0 Å². The number of rotatable bonds is 5. The summed E-state index contributed by atoms with van der Waals surface area (Å²) in [6.45, 7) is 4.29. The van der Waals surface area contributed by atoms with Gasteiger partial charge in [0.2, 0.25) is 0 Å². The van der Waals surface area contributed by atoms with E-state index < -0.39 is 0 Å². The van der Waals surface area contributed by atoms with Crippen molar-refractivity contribution in [1.82, 2.24) is 14.9 Å². The Kier molecular flexibility index (Phi) is 4.23. The summed E-state index contributed by atoms with van der Waals surface area (Å²) in [6, 6.07) is 10.6. The maximum atomic E-state index is 4.20. The molecule has 4 nitrogen and oxygen atoms in total. The van der Waals surface area contributed by atoms with E-state index in [1.54, 1.807) is 12.5 Å². The van der Waals surface area contributed by atoms with Crippen molar-refractivity contribution in [2.24, 2.45) is 0 Å². The van der Waals surface area contributed by atoms with Crippen molar-refractivity contribution in [3.63, 3.8) is 0 Å². The molecule has 0 amide bonds. The van der Waals surface area contributed by atoms with Crippen molar-refractivity contribution in [2.45, 2.75) is 25.9 Å². The molecule has 20 heavy (non-hydrogen) atoms. The quantitative estimate of drug-likeness (QED) is 0.905. The number of aromatic nitrogens is 2. The van der Waals surface area contributed by atoms with Crippen LogP contribution in [0.3, 0.4) is 0 Å². The van der Waals surface area contributed by atoms with Crippen LogP contribution in [0.5, 0.6) is 0 Å². The normalized spacial score (nSPS) is 15.4. The van der Waals surface area contributed by atoms with Gasteiger partial charge >= 0.3 is 0 Å². The molecule has 0 saturated carbocycles. The minimum atomic E-state index is 0.730. The smallest absolute Gasteiger partial charge is 0.115 e. The second-order valence-corrected chi connectivity index (χ2v) is 5.23. The Hall–Kier alpha value is -1.94. The van der Waals surface area contributed by atoms with Crippen LogP contribution in [0, 0.1) is 0 Å². The molecule has 2 aromatic rings. The second kappa shape index (κ2) is 6.48. The van der Waals surface area contributed by atoms with Gasteiger partial charge in [0.05, 0.1) is 12.2 Å². The first kappa shape index (κ1) is 13.1. The van der Waals surface area contributed by atoms with Gasteiger partial charge in [-0.3, -0.25) is 4.90 Å². The third-order valence-electron chi connectivity index (χ3n) is 3.68. The van der Waals surface area contributed by atoms with Crippen molar-refractivity contribution in [3.05, 3.63) is 54.1 Å². The lowest BCUT2D eigenvalue weighted by molar-refractivity contribution is 0.331. The summed E-state index contributed by atoms with van der Waals surface area (Å²) in [5.74, 6) is 0. The molecule has 4 heteroatoms. The zero-order chi connectivity index (χ0) is 13.6. The molecule has 0 atom stereocenters. The highest BCUT2D eigenvalue weighted by Crippen LogP contribution is 2.15. The van der Waals surface area contributed by atoms with Crippen molar-refractivity contribution < 1.29 is 0 Å². The van der Waals surface area contributed by atoms with Crippen LogP contribution in [0.25, 0.3) is 0 Å². The van der Waals surface area contributed by atoms with Crippen molar-refractivity contribution in [3.8, 4) is 0 Å². The number of nitrogens with zero attached hydrogens (tertiary/aromatic N) is 3. The number of hydrogen-bond acceptors (Lipinski definition) is 4. The van der Waals surface area contributed by atoms with E-state index in [-0.39, 0.29) is 0 Å². The maximum absolute atomic E-state index is 4.20. The molecule has 1 saturated heterocycles. The van der Waals surface area contributed by atoms with Gasteiger partial charge in [-0.05, 0) is 49.7 Å². The highest BCUT2D eigenvalue weighted by Gasteiger charge is 2.11. The standard InChI is InChI=1S/C16H20N4/c1-2-10-20(9-1)12-14-3-5-15(6-4-14)18-11-16-7-8-17-13-19-16/h3-8,13,18H,1-2,9-12H2. The Morgan fingerprint density at radius 2 is 1.85 bits per heavy atom. The van der Waals surface area contributed by atoms with Gasteiger partial charge in [-0.15, -0.1) is 0 Å². The number of likely N-dealkylation sites (tertiary alicyclic amines) is 1. The average molecular weight is 268 g/mol.